The number of aliphatic carboxylic acids is 1. The van der Waals surface area contributed by atoms with E-state index in [4.69, 9.17) is 5.11 Å². The van der Waals surface area contributed by atoms with E-state index in [1.165, 1.54) is 18.5 Å². The summed E-state index contributed by atoms with van der Waals surface area (Å²) in [4.78, 5) is 13.0. The Morgan fingerprint density at radius 3 is 2.52 bits per heavy atom. The average molecular weight is 305 g/mol. The van der Waals surface area contributed by atoms with E-state index in [-0.39, 0.29) is 5.75 Å². The Bertz CT molecular complexity index is 622. The molecule has 0 spiro atoms. The number of carboxylic acid groups (broad SMARTS) is 1. The van der Waals surface area contributed by atoms with Crippen LogP contribution in [-0.2, 0) is 4.79 Å². The summed E-state index contributed by atoms with van der Waals surface area (Å²) < 4.78 is 1.56. The first-order valence-corrected chi connectivity index (χ1v) is 7.71. The molecule has 2 aromatic rings. The molecule has 0 aliphatic carbocycles. The summed E-state index contributed by atoms with van der Waals surface area (Å²) in [6.07, 6.45) is 2.48. The van der Waals surface area contributed by atoms with Crippen molar-refractivity contribution >= 4 is 23.4 Å². The van der Waals surface area contributed by atoms with Gasteiger partial charge in [0.25, 0.3) is 0 Å². The number of hydrogen-bond acceptors (Lipinski definition) is 6. The molecule has 0 radical (unpaired) electrons. The third-order valence-electron chi connectivity index (χ3n) is 3.33. The summed E-state index contributed by atoms with van der Waals surface area (Å²) in [6.45, 7) is 2.20. The molecule has 21 heavy (non-hydrogen) atoms. The van der Waals surface area contributed by atoms with Crippen molar-refractivity contribution in [1.82, 2.24) is 20.2 Å². The zero-order valence-corrected chi connectivity index (χ0v) is 12.2. The van der Waals surface area contributed by atoms with Crippen LogP contribution in [0.4, 0.5) is 5.69 Å². The highest BCUT2D eigenvalue weighted by Gasteiger charge is 2.14. The highest BCUT2D eigenvalue weighted by molar-refractivity contribution is 7.99. The van der Waals surface area contributed by atoms with Crippen molar-refractivity contribution in [3.05, 3.63) is 24.3 Å². The van der Waals surface area contributed by atoms with E-state index < -0.39 is 5.97 Å². The second kappa shape index (κ2) is 6.13. The number of benzene rings is 1. The zero-order valence-electron chi connectivity index (χ0n) is 11.3. The molecule has 0 amide bonds. The Balaban J connectivity index is 1.77. The molecule has 0 bridgehead atoms. The Labute approximate surface area is 125 Å². The molecule has 3 rings (SSSR count). The number of rotatable bonds is 5. The molecule has 7 nitrogen and oxygen atoms in total. The van der Waals surface area contributed by atoms with Gasteiger partial charge in [0, 0.05) is 18.8 Å². The maximum absolute atomic E-state index is 10.6. The summed E-state index contributed by atoms with van der Waals surface area (Å²) in [5.74, 6) is -0.953. The van der Waals surface area contributed by atoms with Gasteiger partial charge in [-0.3, -0.25) is 4.79 Å². The van der Waals surface area contributed by atoms with Gasteiger partial charge in [0.05, 0.1) is 11.4 Å². The predicted octanol–water partition coefficient (Wildman–Crippen LogP) is 1.44. The van der Waals surface area contributed by atoms with Gasteiger partial charge in [0.15, 0.2) is 0 Å². The molecular formula is C13H15N5O2S. The standard InChI is InChI=1S/C13H15N5O2S/c19-12(20)9-21-13-14-15-16-18(13)11-5-3-10(4-6-11)17-7-1-2-8-17/h3-6H,1-2,7-9H2,(H,19,20). The molecule has 0 saturated carbocycles. The third kappa shape index (κ3) is 3.15. The third-order valence-corrected chi connectivity index (χ3v) is 4.24. The lowest BCUT2D eigenvalue weighted by Crippen LogP contribution is -2.17. The first-order valence-electron chi connectivity index (χ1n) is 6.72. The molecule has 110 valence electrons. The summed E-state index contributed by atoms with van der Waals surface area (Å²) in [7, 11) is 0. The van der Waals surface area contributed by atoms with Crippen molar-refractivity contribution in [2.75, 3.05) is 23.7 Å². The Morgan fingerprint density at radius 1 is 1.19 bits per heavy atom. The maximum Gasteiger partial charge on any atom is 0.313 e. The number of thioether (sulfide) groups is 1. The van der Waals surface area contributed by atoms with Gasteiger partial charge in [-0.25, -0.2) is 0 Å². The van der Waals surface area contributed by atoms with Crippen molar-refractivity contribution in [2.45, 2.75) is 18.0 Å². The monoisotopic (exact) mass is 305 g/mol. The van der Waals surface area contributed by atoms with E-state index in [1.54, 1.807) is 4.68 Å². The largest absolute Gasteiger partial charge is 0.481 e. The number of aromatic nitrogens is 4. The average Bonchev–Trinajstić information content (AvgIpc) is 3.17. The van der Waals surface area contributed by atoms with Crippen LogP contribution in [0, 0.1) is 0 Å². The molecule has 2 heterocycles. The normalized spacial score (nSPS) is 14.6. The molecule has 0 unspecified atom stereocenters. The van der Waals surface area contributed by atoms with E-state index in [0.717, 1.165) is 30.5 Å². The van der Waals surface area contributed by atoms with E-state index in [1.807, 2.05) is 24.3 Å². The summed E-state index contributed by atoms with van der Waals surface area (Å²) in [5.41, 5.74) is 2.03. The van der Waals surface area contributed by atoms with Gasteiger partial charge in [-0.05, 0) is 47.5 Å². The molecule has 1 aromatic carbocycles. The van der Waals surface area contributed by atoms with E-state index >= 15 is 0 Å². The Hall–Kier alpha value is -2.09. The van der Waals surface area contributed by atoms with Crippen molar-refractivity contribution < 1.29 is 9.90 Å². The number of carbonyl (C=O) groups is 1. The van der Waals surface area contributed by atoms with Crippen molar-refractivity contribution in [3.63, 3.8) is 0 Å². The van der Waals surface area contributed by atoms with Crippen molar-refractivity contribution in [3.8, 4) is 5.69 Å². The minimum Gasteiger partial charge on any atom is -0.481 e. The smallest absolute Gasteiger partial charge is 0.313 e. The lowest BCUT2D eigenvalue weighted by Gasteiger charge is -2.17. The SMILES string of the molecule is O=C(O)CSc1nnnn1-c1ccc(N2CCCC2)cc1. The lowest BCUT2D eigenvalue weighted by molar-refractivity contribution is -0.133. The fourth-order valence-electron chi connectivity index (χ4n) is 2.34. The molecule has 1 aliphatic heterocycles. The topological polar surface area (TPSA) is 84.1 Å². The highest BCUT2D eigenvalue weighted by Crippen LogP contribution is 2.23. The maximum atomic E-state index is 10.6. The predicted molar refractivity (Wildman–Crippen MR) is 79.0 cm³/mol. The van der Waals surface area contributed by atoms with Crippen molar-refractivity contribution in [2.24, 2.45) is 0 Å². The Kier molecular flexibility index (Phi) is 4.05. The molecule has 1 fully saturated rings. The van der Waals surface area contributed by atoms with Gasteiger partial charge in [0.2, 0.25) is 5.16 Å². The van der Waals surface area contributed by atoms with Gasteiger partial charge < -0.3 is 10.0 Å². The van der Waals surface area contributed by atoms with Crippen LogP contribution in [0.2, 0.25) is 0 Å². The van der Waals surface area contributed by atoms with Gasteiger partial charge in [-0.1, -0.05) is 11.8 Å². The minimum absolute atomic E-state index is 0.0633. The van der Waals surface area contributed by atoms with Gasteiger partial charge >= 0.3 is 5.97 Å². The van der Waals surface area contributed by atoms with Crippen molar-refractivity contribution in [1.29, 1.82) is 0 Å². The molecule has 0 atom stereocenters. The first-order chi connectivity index (χ1) is 10.2. The van der Waals surface area contributed by atoms with Crippen LogP contribution < -0.4 is 4.90 Å². The van der Waals surface area contributed by atoms with Gasteiger partial charge in [0.1, 0.15) is 0 Å². The van der Waals surface area contributed by atoms with Gasteiger partial charge in [-0.15, -0.1) is 5.10 Å². The van der Waals surface area contributed by atoms with E-state index in [2.05, 4.69) is 20.4 Å². The summed E-state index contributed by atoms with van der Waals surface area (Å²) in [6, 6.07) is 8.01. The molecular weight excluding hydrogens is 290 g/mol. The summed E-state index contributed by atoms with van der Waals surface area (Å²) >= 11 is 1.10. The van der Waals surface area contributed by atoms with Crippen LogP contribution in [-0.4, -0.2) is 50.1 Å². The number of carboxylic acids is 1. The van der Waals surface area contributed by atoms with Crippen LogP contribution >= 0.6 is 11.8 Å². The van der Waals surface area contributed by atoms with Crippen LogP contribution in [0.1, 0.15) is 12.8 Å². The molecule has 1 saturated heterocycles. The summed E-state index contributed by atoms with van der Waals surface area (Å²) in [5, 5.41) is 20.6. The van der Waals surface area contributed by atoms with Crippen LogP contribution in [0.25, 0.3) is 5.69 Å². The van der Waals surface area contributed by atoms with Gasteiger partial charge in [-0.2, -0.15) is 4.68 Å². The molecule has 1 N–H and O–H groups in total. The Morgan fingerprint density at radius 2 is 1.86 bits per heavy atom. The fourth-order valence-corrected chi connectivity index (χ4v) is 2.95. The van der Waals surface area contributed by atoms with Crippen LogP contribution in [0.5, 0.6) is 0 Å². The second-order valence-electron chi connectivity index (χ2n) is 4.77. The molecule has 1 aliphatic rings. The first kappa shape index (κ1) is 13.9. The fraction of sp³-hybridized carbons (Fsp3) is 0.385. The lowest BCUT2D eigenvalue weighted by atomic mass is 10.2. The molecule has 1 aromatic heterocycles. The van der Waals surface area contributed by atoms with Crippen LogP contribution in [0.15, 0.2) is 29.4 Å². The number of hydrogen-bond donors (Lipinski definition) is 1. The molecule has 8 heteroatoms. The number of tetrazole rings is 1. The van der Waals surface area contributed by atoms with Crippen LogP contribution in [0.3, 0.4) is 0 Å². The highest BCUT2D eigenvalue weighted by atomic mass is 32.2. The second-order valence-corrected chi connectivity index (χ2v) is 5.71. The van der Waals surface area contributed by atoms with E-state index in [9.17, 15) is 4.79 Å². The zero-order chi connectivity index (χ0) is 14.7. The number of nitrogens with zero attached hydrogens (tertiary/aromatic N) is 5. The number of anilines is 1. The van der Waals surface area contributed by atoms with E-state index in [0.29, 0.717) is 5.16 Å². The quantitative estimate of drug-likeness (QED) is 0.837. The minimum atomic E-state index is -0.890.